The minimum absolute atomic E-state index is 0.119. The SMILES string of the molecule is CON(Cc1ccc(Cl)nc1)C1=NC(=O)OC1. The van der Waals surface area contributed by atoms with Crippen LogP contribution in [0.3, 0.4) is 0 Å². The number of hydroxylamine groups is 2. The van der Waals surface area contributed by atoms with Crippen molar-refractivity contribution in [1.82, 2.24) is 10.0 Å². The molecule has 0 radical (unpaired) electrons. The fourth-order valence-corrected chi connectivity index (χ4v) is 1.46. The fraction of sp³-hybridized carbons (Fsp3) is 0.300. The fourth-order valence-electron chi connectivity index (χ4n) is 1.35. The number of cyclic esters (lactones) is 1. The van der Waals surface area contributed by atoms with Crippen LogP contribution in [0.25, 0.3) is 0 Å². The summed E-state index contributed by atoms with van der Waals surface area (Å²) in [5, 5.41) is 1.89. The lowest BCUT2D eigenvalue weighted by Gasteiger charge is -2.19. The zero-order valence-corrected chi connectivity index (χ0v) is 9.85. The topological polar surface area (TPSA) is 64.0 Å². The van der Waals surface area contributed by atoms with Gasteiger partial charge in [-0.2, -0.15) is 4.99 Å². The summed E-state index contributed by atoms with van der Waals surface area (Å²) in [7, 11) is 1.49. The summed E-state index contributed by atoms with van der Waals surface area (Å²) < 4.78 is 4.70. The number of nitrogens with zero attached hydrogens (tertiary/aromatic N) is 3. The minimum Gasteiger partial charge on any atom is -0.440 e. The molecule has 0 atom stereocenters. The van der Waals surface area contributed by atoms with Crippen molar-refractivity contribution >= 4 is 23.5 Å². The van der Waals surface area contributed by atoms with Gasteiger partial charge in [-0.3, -0.25) is 4.84 Å². The predicted molar refractivity (Wildman–Crippen MR) is 60.6 cm³/mol. The molecule has 1 aliphatic rings. The van der Waals surface area contributed by atoms with Crippen LogP contribution in [-0.2, 0) is 16.1 Å². The van der Waals surface area contributed by atoms with E-state index in [2.05, 4.69) is 9.98 Å². The average molecular weight is 256 g/mol. The molecule has 1 amide bonds. The maximum atomic E-state index is 10.8. The van der Waals surface area contributed by atoms with E-state index in [0.717, 1.165) is 5.56 Å². The zero-order chi connectivity index (χ0) is 12.3. The molecule has 0 aliphatic carbocycles. The minimum atomic E-state index is -0.601. The molecule has 0 bridgehead atoms. The van der Waals surface area contributed by atoms with E-state index in [1.54, 1.807) is 12.3 Å². The van der Waals surface area contributed by atoms with Crippen molar-refractivity contribution in [3.63, 3.8) is 0 Å². The summed E-state index contributed by atoms with van der Waals surface area (Å²) in [6, 6.07) is 3.50. The van der Waals surface area contributed by atoms with Crippen LogP contribution in [0.2, 0.25) is 5.15 Å². The number of amides is 1. The molecule has 0 fully saturated rings. The molecule has 1 aromatic rings. The number of carbonyl (C=O) groups is 1. The molecular weight excluding hydrogens is 246 g/mol. The first-order chi connectivity index (χ1) is 8.19. The number of carbonyl (C=O) groups excluding carboxylic acids is 1. The molecule has 0 unspecified atom stereocenters. The van der Waals surface area contributed by atoms with Gasteiger partial charge >= 0.3 is 6.09 Å². The second kappa shape index (κ2) is 5.11. The van der Waals surface area contributed by atoms with Crippen molar-refractivity contribution < 1.29 is 14.4 Å². The van der Waals surface area contributed by atoms with Crippen LogP contribution in [0, 0.1) is 0 Å². The molecule has 0 aromatic carbocycles. The second-order valence-electron chi connectivity index (χ2n) is 3.29. The highest BCUT2D eigenvalue weighted by Crippen LogP contribution is 2.11. The number of hydrogen-bond donors (Lipinski definition) is 0. The van der Waals surface area contributed by atoms with Crippen LogP contribution < -0.4 is 0 Å². The van der Waals surface area contributed by atoms with Crippen LogP contribution >= 0.6 is 11.6 Å². The number of aromatic nitrogens is 1. The van der Waals surface area contributed by atoms with Crippen LogP contribution in [0.5, 0.6) is 0 Å². The van der Waals surface area contributed by atoms with Gasteiger partial charge in [0, 0.05) is 6.20 Å². The third-order valence-corrected chi connectivity index (χ3v) is 2.39. The number of amidine groups is 1. The number of aliphatic imine (C=N–C) groups is 1. The van der Waals surface area contributed by atoms with Crippen molar-refractivity contribution in [2.24, 2.45) is 4.99 Å². The Hall–Kier alpha value is -1.66. The maximum absolute atomic E-state index is 10.8. The van der Waals surface area contributed by atoms with Crippen LogP contribution in [0.4, 0.5) is 4.79 Å². The maximum Gasteiger partial charge on any atom is 0.435 e. The lowest BCUT2D eigenvalue weighted by molar-refractivity contribution is -0.0744. The van der Waals surface area contributed by atoms with E-state index in [1.165, 1.54) is 12.2 Å². The smallest absolute Gasteiger partial charge is 0.435 e. The van der Waals surface area contributed by atoms with Gasteiger partial charge in [0.2, 0.25) is 0 Å². The molecule has 2 heterocycles. The van der Waals surface area contributed by atoms with E-state index in [9.17, 15) is 4.79 Å². The van der Waals surface area contributed by atoms with Gasteiger partial charge in [0.15, 0.2) is 12.4 Å². The van der Waals surface area contributed by atoms with Gasteiger partial charge < -0.3 is 4.74 Å². The van der Waals surface area contributed by atoms with Crippen molar-refractivity contribution in [1.29, 1.82) is 0 Å². The first kappa shape index (κ1) is 11.8. The Labute approximate surface area is 103 Å². The summed E-state index contributed by atoms with van der Waals surface area (Å²) in [6.45, 7) is 0.532. The van der Waals surface area contributed by atoms with Crippen molar-refractivity contribution in [3.05, 3.63) is 29.0 Å². The highest BCUT2D eigenvalue weighted by Gasteiger charge is 2.21. The molecular formula is C10H10ClN3O3. The Kier molecular flexibility index (Phi) is 3.55. The molecule has 0 spiro atoms. The summed E-state index contributed by atoms with van der Waals surface area (Å²) in [4.78, 5) is 23.6. The average Bonchev–Trinajstić information content (AvgIpc) is 2.75. The third kappa shape index (κ3) is 2.92. The van der Waals surface area contributed by atoms with E-state index in [1.807, 2.05) is 6.07 Å². The quantitative estimate of drug-likeness (QED) is 0.607. The molecule has 2 rings (SSSR count). The largest absolute Gasteiger partial charge is 0.440 e. The monoisotopic (exact) mass is 255 g/mol. The number of halogens is 1. The van der Waals surface area contributed by atoms with Gasteiger partial charge in [-0.05, 0) is 11.6 Å². The second-order valence-corrected chi connectivity index (χ2v) is 3.68. The zero-order valence-electron chi connectivity index (χ0n) is 9.09. The standard InChI is InChI=1S/C10H10ClN3O3/c1-16-14(9-6-17-10(15)13-9)5-7-2-3-8(11)12-4-7/h2-4H,5-6H2,1H3. The third-order valence-electron chi connectivity index (χ3n) is 2.17. The predicted octanol–water partition coefficient (Wildman–Crippen LogP) is 1.65. The van der Waals surface area contributed by atoms with Gasteiger partial charge in [0.1, 0.15) is 5.15 Å². The molecule has 7 heteroatoms. The molecule has 90 valence electrons. The van der Waals surface area contributed by atoms with Crippen LogP contribution in [0.1, 0.15) is 5.56 Å². The number of rotatable bonds is 3. The highest BCUT2D eigenvalue weighted by molar-refractivity contribution is 6.29. The number of pyridine rings is 1. The van der Waals surface area contributed by atoms with Gasteiger partial charge in [-0.25, -0.2) is 14.8 Å². The van der Waals surface area contributed by atoms with Crippen LogP contribution in [-0.4, -0.2) is 35.7 Å². The van der Waals surface area contributed by atoms with E-state index in [4.69, 9.17) is 21.2 Å². The molecule has 0 saturated heterocycles. The van der Waals surface area contributed by atoms with E-state index >= 15 is 0 Å². The molecule has 0 saturated carbocycles. The van der Waals surface area contributed by atoms with E-state index in [-0.39, 0.29) is 6.61 Å². The van der Waals surface area contributed by atoms with Crippen molar-refractivity contribution in [3.8, 4) is 0 Å². The van der Waals surface area contributed by atoms with Gasteiger partial charge in [-0.1, -0.05) is 17.7 Å². The molecule has 1 aliphatic heterocycles. The Morgan fingerprint density at radius 3 is 2.94 bits per heavy atom. The van der Waals surface area contributed by atoms with E-state index < -0.39 is 6.09 Å². The lowest BCUT2D eigenvalue weighted by Crippen LogP contribution is -2.30. The Morgan fingerprint density at radius 1 is 1.59 bits per heavy atom. The number of hydrogen-bond acceptors (Lipinski definition) is 5. The highest BCUT2D eigenvalue weighted by atomic mass is 35.5. The number of ether oxygens (including phenoxy) is 1. The molecule has 0 N–H and O–H groups in total. The molecule has 17 heavy (non-hydrogen) atoms. The Balaban J connectivity index is 2.07. The van der Waals surface area contributed by atoms with Crippen molar-refractivity contribution in [2.45, 2.75) is 6.54 Å². The summed E-state index contributed by atoms with van der Waals surface area (Å²) in [5.74, 6) is 0.437. The van der Waals surface area contributed by atoms with Gasteiger partial charge in [-0.15, -0.1) is 0 Å². The van der Waals surface area contributed by atoms with Crippen molar-refractivity contribution in [2.75, 3.05) is 13.7 Å². The molecule has 6 nitrogen and oxygen atoms in total. The molecule has 1 aromatic heterocycles. The van der Waals surface area contributed by atoms with E-state index in [0.29, 0.717) is 17.5 Å². The van der Waals surface area contributed by atoms with Crippen LogP contribution in [0.15, 0.2) is 23.3 Å². The first-order valence-electron chi connectivity index (χ1n) is 4.85. The normalized spacial score (nSPS) is 14.5. The lowest BCUT2D eigenvalue weighted by atomic mass is 10.3. The summed E-state index contributed by atoms with van der Waals surface area (Å²) >= 11 is 5.68. The Morgan fingerprint density at radius 2 is 2.41 bits per heavy atom. The van der Waals surface area contributed by atoms with Gasteiger partial charge in [0.05, 0.1) is 13.7 Å². The summed E-state index contributed by atoms with van der Waals surface area (Å²) in [6.07, 6.45) is 1.03. The van der Waals surface area contributed by atoms with Gasteiger partial charge in [0.25, 0.3) is 0 Å². The Bertz CT molecular complexity index is 447. The summed E-state index contributed by atoms with van der Waals surface area (Å²) in [5.41, 5.74) is 0.887. The first-order valence-corrected chi connectivity index (χ1v) is 5.23.